The fraction of sp³-hybridized carbons (Fsp3) is 0.125. The minimum Gasteiger partial charge on any atom is -0.496 e. The maximum atomic E-state index is 12.1. The van der Waals surface area contributed by atoms with E-state index in [0.717, 1.165) is 0 Å². The summed E-state index contributed by atoms with van der Waals surface area (Å²) in [5.74, 6) is -0.648. The molecule has 2 rings (SSSR count). The third kappa shape index (κ3) is 4.77. The maximum Gasteiger partial charge on any atom is 0.273 e. The highest BCUT2D eigenvalue weighted by molar-refractivity contribution is 6.35. The molecule has 0 heterocycles. The van der Waals surface area contributed by atoms with E-state index in [2.05, 4.69) is 10.9 Å². The van der Waals surface area contributed by atoms with Crippen LogP contribution in [-0.4, -0.2) is 18.9 Å². The summed E-state index contributed by atoms with van der Waals surface area (Å²) >= 11 is 17.7. The first-order valence-electron chi connectivity index (χ1n) is 6.77. The number of halogens is 3. The van der Waals surface area contributed by atoms with Crippen molar-refractivity contribution in [3.8, 4) is 5.75 Å². The SMILES string of the molecule is COc1ccc(Cl)cc1C(=O)NNC(=O)Cc1ccc(Cl)cc1Cl. The van der Waals surface area contributed by atoms with Gasteiger partial charge in [0.2, 0.25) is 5.91 Å². The highest BCUT2D eigenvalue weighted by Crippen LogP contribution is 2.23. The van der Waals surface area contributed by atoms with Crippen molar-refractivity contribution < 1.29 is 14.3 Å². The molecule has 0 bridgehead atoms. The second kappa shape index (κ2) is 8.24. The van der Waals surface area contributed by atoms with E-state index in [1.165, 1.54) is 13.2 Å². The van der Waals surface area contributed by atoms with E-state index in [4.69, 9.17) is 39.5 Å². The number of rotatable bonds is 4. The van der Waals surface area contributed by atoms with Gasteiger partial charge in [-0.1, -0.05) is 40.9 Å². The molecule has 24 heavy (non-hydrogen) atoms. The summed E-state index contributed by atoms with van der Waals surface area (Å²) in [5, 5.41) is 1.23. The number of benzene rings is 2. The van der Waals surface area contributed by atoms with Gasteiger partial charge >= 0.3 is 0 Å². The molecule has 2 amide bonds. The van der Waals surface area contributed by atoms with Gasteiger partial charge in [0.15, 0.2) is 0 Å². The molecular formula is C16H13Cl3N2O3. The molecule has 0 spiro atoms. The van der Waals surface area contributed by atoms with Crippen molar-refractivity contribution in [3.63, 3.8) is 0 Å². The Labute approximate surface area is 153 Å². The normalized spacial score (nSPS) is 10.2. The second-order valence-corrected chi connectivity index (χ2v) is 6.04. The number of nitrogens with one attached hydrogen (secondary N) is 2. The Kier molecular flexibility index (Phi) is 6.31. The third-order valence-corrected chi connectivity index (χ3v) is 3.91. The van der Waals surface area contributed by atoms with Crippen LogP contribution >= 0.6 is 34.8 Å². The van der Waals surface area contributed by atoms with Crippen LogP contribution in [0.1, 0.15) is 15.9 Å². The van der Waals surface area contributed by atoms with Crippen molar-refractivity contribution >= 4 is 46.6 Å². The number of carbonyl (C=O) groups is 2. The maximum absolute atomic E-state index is 12.1. The van der Waals surface area contributed by atoms with Crippen molar-refractivity contribution in [2.75, 3.05) is 7.11 Å². The number of hydrogen-bond acceptors (Lipinski definition) is 3. The lowest BCUT2D eigenvalue weighted by Gasteiger charge is -2.11. The molecule has 8 heteroatoms. The monoisotopic (exact) mass is 386 g/mol. The van der Waals surface area contributed by atoms with Gasteiger partial charge in [-0.15, -0.1) is 0 Å². The summed E-state index contributed by atoms with van der Waals surface area (Å²) in [7, 11) is 1.43. The predicted molar refractivity (Wildman–Crippen MR) is 93.8 cm³/mol. The van der Waals surface area contributed by atoms with E-state index in [9.17, 15) is 9.59 Å². The quantitative estimate of drug-likeness (QED) is 0.787. The zero-order chi connectivity index (χ0) is 17.7. The molecule has 0 aliphatic rings. The van der Waals surface area contributed by atoms with Gasteiger partial charge in [-0.25, -0.2) is 0 Å². The average molecular weight is 388 g/mol. The average Bonchev–Trinajstić information content (AvgIpc) is 2.55. The molecule has 126 valence electrons. The van der Waals surface area contributed by atoms with Crippen LogP contribution in [0.5, 0.6) is 5.75 Å². The summed E-state index contributed by atoms with van der Waals surface area (Å²) in [4.78, 5) is 24.1. The molecule has 0 fully saturated rings. The number of hydrogen-bond donors (Lipinski definition) is 2. The van der Waals surface area contributed by atoms with E-state index in [1.54, 1.807) is 30.3 Å². The second-order valence-electron chi connectivity index (χ2n) is 4.76. The molecule has 2 aromatic rings. The fourth-order valence-electron chi connectivity index (χ4n) is 1.93. The third-order valence-electron chi connectivity index (χ3n) is 3.09. The standard InChI is InChI=1S/C16H13Cl3N2O3/c1-24-14-5-4-10(17)7-12(14)16(23)21-20-15(22)6-9-2-3-11(18)8-13(9)19/h2-5,7-8H,6H2,1H3,(H,20,22)(H,21,23). The summed E-state index contributed by atoms with van der Waals surface area (Å²) in [6.07, 6.45) is -0.0109. The molecular weight excluding hydrogens is 375 g/mol. The molecule has 0 aromatic heterocycles. The molecule has 0 atom stereocenters. The van der Waals surface area contributed by atoms with Gasteiger partial charge in [0, 0.05) is 15.1 Å². The smallest absolute Gasteiger partial charge is 0.273 e. The largest absolute Gasteiger partial charge is 0.496 e. The van der Waals surface area contributed by atoms with Crippen molar-refractivity contribution in [2.45, 2.75) is 6.42 Å². The molecule has 5 nitrogen and oxygen atoms in total. The van der Waals surface area contributed by atoms with Crippen LogP contribution in [0.25, 0.3) is 0 Å². The zero-order valence-corrected chi connectivity index (χ0v) is 14.8. The molecule has 0 aliphatic carbocycles. The van der Waals surface area contributed by atoms with Gasteiger partial charge in [0.25, 0.3) is 5.91 Å². The van der Waals surface area contributed by atoms with Crippen LogP contribution in [0, 0.1) is 0 Å². The number of ether oxygens (including phenoxy) is 1. The van der Waals surface area contributed by atoms with Crippen molar-refractivity contribution in [3.05, 3.63) is 62.6 Å². The number of amides is 2. The van der Waals surface area contributed by atoms with Gasteiger partial charge in [-0.2, -0.15) is 0 Å². The first-order valence-corrected chi connectivity index (χ1v) is 7.90. The van der Waals surface area contributed by atoms with Gasteiger partial charge in [-0.3, -0.25) is 20.4 Å². The van der Waals surface area contributed by atoms with Crippen molar-refractivity contribution in [1.29, 1.82) is 0 Å². The van der Waals surface area contributed by atoms with Gasteiger partial charge in [0.05, 0.1) is 19.1 Å². The lowest BCUT2D eigenvalue weighted by molar-refractivity contribution is -0.121. The lowest BCUT2D eigenvalue weighted by atomic mass is 10.1. The summed E-state index contributed by atoms with van der Waals surface area (Å²) in [6.45, 7) is 0. The van der Waals surface area contributed by atoms with E-state index in [1.807, 2.05) is 0 Å². The Morgan fingerprint density at radius 1 is 1.00 bits per heavy atom. The number of methoxy groups -OCH3 is 1. The van der Waals surface area contributed by atoms with Crippen LogP contribution in [-0.2, 0) is 11.2 Å². The minimum atomic E-state index is -0.551. The Hall–Kier alpha value is -1.95. The Morgan fingerprint density at radius 2 is 1.67 bits per heavy atom. The van der Waals surface area contributed by atoms with Crippen LogP contribution in [0.3, 0.4) is 0 Å². The van der Waals surface area contributed by atoms with Crippen molar-refractivity contribution in [2.24, 2.45) is 0 Å². The molecule has 0 saturated heterocycles. The van der Waals surface area contributed by atoms with E-state index in [-0.39, 0.29) is 12.0 Å². The van der Waals surface area contributed by atoms with Crippen LogP contribution in [0.15, 0.2) is 36.4 Å². The van der Waals surface area contributed by atoms with Gasteiger partial charge in [-0.05, 0) is 35.9 Å². The topological polar surface area (TPSA) is 67.4 Å². The van der Waals surface area contributed by atoms with E-state index in [0.29, 0.717) is 26.4 Å². The highest BCUT2D eigenvalue weighted by Gasteiger charge is 2.14. The van der Waals surface area contributed by atoms with Crippen LogP contribution in [0.2, 0.25) is 15.1 Å². The van der Waals surface area contributed by atoms with Crippen LogP contribution < -0.4 is 15.6 Å². The van der Waals surface area contributed by atoms with Gasteiger partial charge in [0.1, 0.15) is 5.75 Å². The number of carbonyl (C=O) groups excluding carboxylic acids is 2. The molecule has 2 N–H and O–H groups in total. The van der Waals surface area contributed by atoms with E-state index < -0.39 is 11.8 Å². The summed E-state index contributed by atoms with van der Waals surface area (Å²) in [6, 6.07) is 9.42. The Bertz CT molecular complexity index is 781. The minimum absolute atomic E-state index is 0.0109. The Morgan fingerprint density at radius 3 is 2.33 bits per heavy atom. The lowest BCUT2D eigenvalue weighted by Crippen LogP contribution is -2.42. The van der Waals surface area contributed by atoms with Crippen LogP contribution in [0.4, 0.5) is 0 Å². The molecule has 2 aromatic carbocycles. The summed E-state index contributed by atoms with van der Waals surface area (Å²) in [5.41, 5.74) is 5.41. The fourth-order valence-corrected chi connectivity index (χ4v) is 2.58. The first-order chi connectivity index (χ1) is 11.4. The number of hydrazine groups is 1. The van der Waals surface area contributed by atoms with Gasteiger partial charge < -0.3 is 4.74 Å². The first kappa shape index (κ1) is 18.4. The summed E-state index contributed by atoms with van der Waals surface area (Å²) < 4.78 is 5.09. The molecule has 0 unspecified atom stereocenters. The zero-order valence-electron chi connectivity index (χ0n) is 12.5. The van der Waals surface area contributed by atoms with E-state index >= 15 is 0 Å². The highest BCUT2D eigenvalue weighted by atomic mass is 35.5. The Balaban J connectivity index is 1.99. The molecule has 0 aliphatic heterocycles. The predicted octanol–water partition coefficient (Wildman–Crippen LogP) is 3.66. The van der Waals surface area contributed by atoms with Crippen molar-refractivity contribution in [1.82, 2.24) is 10.9 Å². The molecule has 0 saturated carbocycles. The molecule has 0 radical (unpaired) electrons.